The van der Waals surface area contributed by atoms with Crippen molar-refractivity contribution < 1.29 is 0 Å². The molecule has 4 aromatic rings. The van der Waals surface area contributed by atoms with Crippen LogP contribution < -0.4 is 5.56 Å². The van der Waals surface area contributed by atoms with Gasteiger partial charge in [-0.2, -0.15) is 0 Å². The third-order valence-corrected chi connectivity index (χ3v) is 6.68. The minimum Gasteiger partial charge on any atom is -0.309 e. The molecule has 7 heteroatoms. The number of thiazole rings is 1. The normalized spacial score (nSPS) is 11.7. The van der Waals surface area contributed by atoms with Crippen molar-refractivity contribution in [2.45, 2.75) is 23.9 Å². The number of hydrogen-bond acceptors (Lipinski definition) is 6. The van der Waals surface area contributed by atoms with Gasteiger partial charge < -0.3 is 4.90 Å². The molecule has 0 unspecified atom stereocenters. The van der Waals surface area contributed by atoms with Crippen LogP contribution in [0.5, 0.6) is 0 Å². The fourth-order valence-electron chi connectivity index (χ4n) is 3.11. The number of rotatable bonds is 7. The van der Waals surface area contributed by atoms with Crippen LogP contribution in [0.1, 0.15) is 11.4 Å². The second-order valence-corrected chi connectivity index (χ2v) is 8.95. The van der Waals surface area contributed by atoms with Gasteiger partial charge in [-0.15, -0.1) is 11.3 Å². The highest BCUT2D eigenvalue weighted by Crippen LogP contribution is 2.28. The summed E-state index contributed by atoms with van der Waals surface area (Å²) in [4.78, 5) is 24.7. The fraction of sp³-hybridized carbons (Fsp3) is 0.286. The zero-order chi connectivity index (χ0) is 19.5. The van der Waals surface area contributed by atoms with E-state index in [1.54, 1.807) is 23.1 Å². The van der Waals surface area contributed by atoms with Crippen molar-refractivity contribution in [3.05, 3.63) is 63.9 Å². The van der Waals surface area contributed by atoms with E-state index in [2.05, 4.69) is 11.0 Å². The molecule has 0 spiro atoms. The molecule has 2 heterocycles. The molecule has 0 aliphatic carbocycles. The van der Waals surface area contributed by atoms with E-state index < -0.39 is 0 Å². The van der Waals surface area contributed by atoms with Gasteiger partial charge >= 0.3 is 0 Å². The van der Waals surface area contributed by atoms with Gasteiger partial charge in [0.15, 0.2) is 5.16 Å². The van der Waals surface area contributed by atoms with E-state index in [1.165, 1.54) is 4.70 Å². The van der Waals surface area contributed by atoms with Crippen LogP contribution in [0.2, 0.25) is 0 Å². The molecule has 0 amide bonds. The van der Waals surface area contributed by atoms with E-state index in [1.807, 2.05) is 61.1 Å². The van der Waals surface area contributed by atoms with Gasteiger partial charge in [-0.25, -0.2) is 9.97 Å². The van der Waals surface area contributed by atoms with Gasteiger partial charge in [0.1, 0.15) is 5.01 Å². The van der Waals surface area contributed by atoms with Crippen molar-refractivity contribution in [3.63, 3.8) is 0 Å². The molecule has 0 atom stereocenters. The number of thioether (sulfide) groups is 1. The van der Waals surface area contributed by atoms with Gasteiger partial charge in [0.2, 0.25) is 0 Å². The molecule has 5 nitrogen and oxygen atoms in total. The number of para-hydroxylation sites is 2. The van der Waals surface area contributed by atoms with Gasteiger partial charge in [0.05, 0.1) is 26.9 Å². The second kappa shape index (κ2) is 8.43. The van der Waals surface area contributed by atoms with Gasteiger partial charge in [-0.1, -0.05) is 36.0 Å². The van der Waals surface area contributed by atoms with Crippen LogP contribution in [0, 0.1) is 0 Å². The topological polar surface area (TPSA) is 51.0 Å². The van der Waals surface area contributed by atoms with Crippen molar-refractivity contribution in [1.29, 1.82) is 0 Å². The Morgan fingerprint density at radius 3 is 2.57 bits per heavy atom. The van der Waals surface area contributed by atoms with E-state index in [4.69, 9.17) is 9.97 Å². The Labute approximate surface area is 172 Å². The molecule has 0 saturated heterocycles. The average molecular weight is 411 g/mol. The van der Waals surface area contributed by atoms with Crippen LogP contribution in [-0.4, -0.2) is 40.1 Å². The van der Waals surface area contributed by atoms with Crippen molar-refractivity contribution in [3.8, 4) is 0 Å². The van der Waals surface area contributed by atoms with Crippen molar-refractivity contribution in [1.82, 2.24) is 19.4 Å². The standard InChI is InChI=1S/C21H22N4OS2/c1-24(2)12-7-13-25-20(26)15-8-3-4-9-16(15)23-21(25)27-14-19-22-17-10-5-6-11-18(17)28-19/h3-6,8-11H,7,12-14H2,1-2H3. The Balaban J connectivity index is 1.64. The fourth-order valence-corrected chi connectivity index (χ4v) is 5.09. The summed E-state index contributed by atoms with van der Waals surface area (Å²) in [5, 5.41) is 2.49. The summed E-state index contributed by atoms with van der Waals surface area (Å²) in [5.74, 6) is 0.706. The third kappa shape index (κ3) is 4.11. The summed E-state index contributed by atoms with van der Waals surface area (Å²) in [6.07, 6.45) is 0.904. The van der Waals surface area contributed by atoms with Crippen LogP contribution in [-0.2, 0) is 12.3 Å². The van der Waals surface area contributed by atoms with E-state index in [0.717, 1.165) is 34.2 Å². The zero-order valence-corrected chi connectivity index (χ0v) is 17.6. The molecule has 0 bridgehead atoms. The number of hydrogen-bond donors (Lipinski definition) is 0. The van der Waals surface area contributed by atoms with E-state index in [9.17, 15) is 4.79 Å². The Hall–Kier alpha value is -2.22. The summed E-state index contributed by atoms with van der Waals surface area (Å²) in [6, 6.07) is 15.7. The lowest BCUT2D eigenvalue weighted by molar-refractivity contribution is 0.379. The molecular weight excluding hydrogens is 388 g/mol. The summed E-state index contributed by atoms with van der Waals surface area (Å²) >= 11 is 3.29. The second-order valence-electron chi connectivity index (χ2n) is 6.89. The first kappa shape index (κ1) is 19.1. The van der Waals surface area contributed by atoms with E-state index >= 15 is 0 Å². The Kier molecular flexibility index (Phi) is 5.75. The lowest BCUT2D eigenvalue weighted by Gasteiger charge is -2.14. The minimum atomic E-state index is 0.0381. The largest absolute Gasteiger partial charge is 0.309 e. The smallest absolute Gasteiger partial charge is 0.262 e. The first-order valence-corrected chi connectivity index (χ1v) is 11.0. The summed E-state index contributed by atoms with van der Waals surface area (Å²) in [7, 11) is 4.09. The highest BCUT2D eigenvalue weighted by molar-refractivity contribution is 7.98. The Bertz CT molecular complexity index is 1130. The zero-order valence-electron chi connectivity index (χ0n) is 16.0. The lowest BCUT2D eigenvalue weighted by atomic mass is 10.2. The van der Waals surface area contributed by atoms with Crippen LogP contribution in [0.3, 0.4) is 0 Å². The maximum absolute atomic E-state index is 13.1. The molecule has 144 valence electrons. The van der Waals surface area contributed by atoms with Crippen LogP contribution in [0.4, 0.5) is 0 Å². The van der Waals surface area contributed by atoms with Crippen LogP contribution in [0.25, 0.3) is 21.1 Å². The maximum Gasteiger partial charge on any atom is 0.262 e. The molecule has 28 heavy (non-hydrogen) atoms. The molecule has 0 fully saturated rings. The Morgan fingerprint density at radius 2 is 1.79 bits per heavy atom. The van der Waals surface area contributed by atoms with Crippen LogP contribution in [0.15, 0.2) is 58.5 Å². The highest BCUT2D eigenvalue weighted by atomic mass is 32.2. The first-order valence-electron chi connectivity index (χ1n) is 9.23. The van der Waals surface area contributed by atoms with Gasteiger partial charge in [-0.3, -0.25) is 9.36 Å². The summed E-state index contributed by atoms with van der Waals surface area (Å²) < 4.78 is 3.01. The lowest BCUT2D eigenvalue weighted by Crippen LogP contribution is -2.25. The predicted molar refractivity (Wildman–Crippen MR) is 118 cm³/mol. The van der Waals surface area contributed by atoms with Crippen molar-refractivity contribution in [2.75, 3.05) is 20.6 Å². The van der Waals surface area contributed by atoms with Gasteiger partial charge in [0.25, 0.3) is 5.56 Å². The quantitative estimate of drug-likeness (QED) is 0.337. The van der Waals surface area contributed by atoms with Gasteiger partial charge in [0, 0.05) is 6.54 Å². The highest BCUT2D eigenvalue weighted by Gasteiger charge is 2.13. The predicted octanol–water partition coefficient (Wildman–Crippen LogP) is 4.25. The molecular formula is C21H22N4OS2. The minimum absolute atomic E-state index is 0.0381. The molecule has 0 aliphatic rings. The van der Waals surface area contributed by atoms with E-state index in [-0.39, 0.29) is 5.56 Å². The first-order chi connectivity index (χ1) is 13.6. The molecule has 0 N–H and O–H groups in total. The molecule has 0 radical (unpaired) electrons. The van der Waals surface area contributed by atoms with E-state index in [0.29, 0.717) is 17.7 Å². The average Bonchev–Trinajstić information content (AvgIpc) is 3.11. The van der Waals surface area contributed by atoms with Crippen LogP contribution >= 0.6 is 23.1 Å². The number of fused-ring (bicyclic) bond motifs is 2. The van der Waals surface area contributed by atoms with Crippen molar-refractivity contribution >= 4 is 44.2 Å². The molecule has 0 aliphatic heterocycles. The summed E-state index contributed by atoms with van der Waals surface area (Å²) in [6.45, 7) is 1.60. The maximum atomic E-state index is 13.1. The van der Waals surface area contributed by atoms with Gasteiger partial charge in [-0.05, 0) is 51.3 Å². The molecule has 2 aromatic carbocycles. The van der Waals surface area contributed by atoms with Crippen molar-refractivity contribution in [2.24, 2.45) is 0 Å². The number of benzene rings is 2. The number of nitrogens with zero attached hydrogens (tertiary/aromatic N) is 4. The summed E-state index contributed by atoms with van der Waals surface area (Å²) in [5.41, 5.74) is 1.82. The molecule has 2 aromatic heterocycles. The molecule has 0 saturated carbocycles. The Morgan fingerprint density at radius 1 is 1.04 bits per heavy atom. The third-order valence-electron chi connectivity index (χ3n) is 4.48. The monoisotopic (exact) mass is 410 g/mol. The SMILES string of the molecule is CN(C)CCCn1c(SCc2nc3ccccc3s2)nc2ccccc2c1=O. The number of aromatic nitrogens is 3. The molecule has 4 rings (SSSR count).